The highest BCUT2D eigenvalue weighted by Gasteiger charge is 2.25. The molecule has 2 heterocycles. The Morgan fingerprint density at radius 2 is 1.96 bits per heavy atom. The van der Waals surface area contributed by atoms with E-state index in [1.165, 1.54) is 14.6 Å². The van der Waals surface area contributed by atoms with E-state index < -0.39 is 0 Å². The summed E-state index contributed by atoms with van der Waals surface area (Å²) in [4.78, 5) is 20.9. The smallest absolute Gasteiger partial charge is 0.254 e. The number of quaternary nitrogens is 1. The van der Waals surface area contributed by atoms with Crippen molar-refractivity contribution in [2.24, 2.45) is 0 Å². The maximum absolute atomic E-state index is 12.6. The third-order valence-corrected chi connectivity index (χ3v) is 5.80. The van der Waals surface area contributed by atoms with Gasteiger partial charge in [-0.1, -0.05) is 29.8 Å². The topological polar surface area (TPSA) is 37.6 Å². The molecule has 5 heteroatoms. The molecule has 0 bridgehead atoms. The molecule has 1 saturated heterocycles. The normalized spacial score (nSPS) is 15.6. The number of carbonyl (C=O) groups is 1. The van der Waals surface area contributed by atoms with E-state index in [1.54, 1.807) is 11.3 Å². The first kappa shape index (κ1) is 16.2. The first-order valence-electron chi connectivity index (χ1n) is 8.73. The van der Waals surface area contributed by atoms with Crippen LogP contribution in [0.2, 0.25) is 0 Å². The van der Waals surface area contributed by atoms with E-state index in [0.29, 0.717) is 0 Å². The molecular weight excluding hydrogens is 330 g/mol. The molecule has 2 aromatic carbocycles. The van der Waals surface area contributed by atoms with Crippen LogP contribution in [0.1, 0.15) is 20.9 Å². The number of para-hydroxylation sites is 1. The van der Waals surface area contributed by atoms with Crippen molar-refractivity contribution in [3.63, 3.8) is 0 Å². The molecular formula is C20H22N3OS+. The van der Waals surface area contributed by atoms with Crippen molar-refractivity contribution in [2.45, 2.75) is 13.5 Å². The fourth-order valence-electron chi connectivity index (χ4n) is 3.37. The van der Waals surface area contributed by atoms with Crippen LogP contribution < -0.4 is 4.90 Å². The monoisotopic (exact) mass is 352 g/mol. The number of amides is 1. The molecule has 4 nitrogen and oxygen atoms in total. The third-order valence-electron chi connectivity index (χ3n) is 4.76. The van der Waals surface area contributed by atoms with Crippen LogP contribution in [-0.4, -0.2) is 42.0 Å². The summed E-state index contributed by atoms with van der Waals surface area (Å²) < 4.78 is 1.25. The van der Waals surface area contributed by atoms with Gasteiger partial charge in [-0.15, -0.1) is 11.3 Å². The maximum atomic E-state index is 12.6. The highest BCUT2D eigenvalue weighted by molar-refractivity contribution is 7.18. The Morgan fingerprint density at radius 3 is 2.72 bits per heavy atom. The number of piperazine rings is 1. The van der Waals surface area contributed by atoms with E-state index in [4.69, 9.17) is 4.98 Å². The Hall–Kier alpha value is -2.24. The molecule has 0 radical (unpaired) electrons. The SMILES string of the molecule is Cc1cccc(C(=O)N2CC[NH+](Cc3nc4ccccc4s3)CC2)c1. The first-order chi connectivity index (χ1) is 12.2. The van der Waals surface area contributed by atoms with Gasteiger partial charge in [-0.05, 0) is 31.2 Å². The number of benzene rings is 2. The lowest BCUT2D eigenvalue weighted by Crippen LogP contribution is -3.13. The lowest BCUT2D eigenvalue weighted by Gasteiger charge is -2.32. The Bertz CT molecular complexity index is 864. The highest BCUT2D eigenvalue weighted by atomic mass is 32.1. The van der Waals surface area contributed by atoms with Crippen LogP contribution in [0, 0.1) is 6.92 Å². The van der Waals surface area contributed by atoms with E-state index in [0.717, 1.165) is 49.4 Å². The predicted molar refractivity (Wildman–Crippen MR) is 101 cm³/mol. The van der Waals surface area contributed by atoms with Crippen molar-refractivity contribution in [3.8, 4) is 0 Å². The number of rotatable bonds is 3. The van der Waals surface area contributed by atoms with E-state index in [9.17, 15) is 4.79 Å². The molecule has 128 valence electrons. The Labute approximate surface area is 151 Å². The summed E-state index contributed by atoms with van der Waals surface area (Å²) in [6.45, 7) is 6.56. The van der Waals surface area contributed by atoms with E-state index in [-0.39, 0.29) is 5.91 Å². The summed E-state index contributed by atoms with van der Waals surface area (Å²) in [6.07, 6.45) is 0. The molecule has 1 aliphatic rings. The second-order valence-electron chi connectivity index (χ2n) is 6.66. The molecule has 0 atom stereocenters. The molecule has 0 spiro atoms. The summed E-state index contributed by atoms with van der Waals surface area (Å²) in [7, 11) is 0. The molecule has 25 heavy (non-hydrogen) atoms. The van der Waals surface area contributed by atoms with Crippen LogP contribution in [0.4, 0.5) is 0 Å². The second kappa shape index (κ2) is 6.94. The zero-order chi connectivity index (χ0) is 17.2. The Morgan fingerprint density at radius 1 is 1.16 bits per heavy atom. The number of nitrogens with zero attached hydrogens (tertiary/aromatic N) is 2. The van der Waals surface area contributed by atoms with Gasteiger partial charge in [0.2, 0.25) is 0 Å². The predicted octanol–water partition coefficient (Wildman–Crippen LogP) is 2.15. The lowest BCUT2D eigenvalue weighted by molar-refractivity contribution is -0.917. The minimum atomic E-state index is 0.155. The zero-order valence-corrected chi connectivity index (χ0v) is 15.2. The van der Waals surface area contributed by atoms with Crippen molar-refractivity contribution < 1.29 is 9.69 Å². The maximum Gasteiger partial charge on any atom is 0.254 e. The summed E-state index contributed by atoms with van der Waals surface area (Å²) >= 11 is 1.78. The van der Waals surface area contributed by atoms with Crippen molar-refractivity contribution in [3.05, 3.63) is 64.7 Å². The zero-order valence-electron chi connectivity index (χ0n) is 14.4. The molecule has 1 aliphatic heterocycles. The molecule has 0 unspecified atom stereocenters. The van der Waals surface area contributed by atoms with E-state index in [1.807, 2.05) is 42.2 Å². The van der Waals surface area contributed by atoms with Crippen LogP contribution in [0.15, 0.2) is 48.5 Å². The van der Waals surface area contributed by atoms with Gasteiger partial charge >= 0.3 is 0 Å². The number of carbonyl (C=O) groups excluding carboxylic acids is 1. The summed E-state index contributed by atoms with van der Waals surface area (Å²) in [5, 5.41) is 1.19. The standard InChI is InChI=1S/C20H21N3OS/c1-15-5-4-6-16(13-15)20(24)23-11-9-22(10-12-23)14-19-21-17-7-2-3-8-18(17)25-19/h2-8,13H,9-12,14H2,1H3/p+1. The molecule has 1 N–H and O–H groups in total. The average Bonchev–Trinajstić information content (AvgIpc) is 3.04. The van der Waals surface area contributed by atoms with Gasteiger partial charge in [0.25, 0.3) is 5.91 Å². The summed E-state index contributed by atoms with van der Waals surface area (Å²) in [5.74, 6) is 0.155. The van der Waals surface area contributed by atoms with E-state index in [2.05, 4.69) is 18.2 Å². The molecule has 1 amide bonds. The van der Waals surface area contributed by atoms with Gasteiger partial charge in [0.05, 0.1) is 36.4 Å². The van der Waals surface area contributed by atoms with Gasteiger partial charge in [-0.2, -0.15) is 0 Å². The van der Waals surface area contributed by atoms with E-state index >= 15 is 0 Å². The molecule has 4 rings (SSSR count). The van der Waals surface area contributed by atoms with Crippen LogP contribution in [0.5, 0.6) is 0 Å². The van der Waals surface area contributed by atoms with Crippen molar-refractivity contribution in [1.82, 2.24) is 9.88 Å². The van der Waals surface area contributed by atoms with Gasteiger partial charge in [0, 0.05) is 5.56 Å². The van der Waals surface area contributed by atoms with Crippen molar-refractivity contribution in [1.29, 1.82) is 0 Å². The lowest BCUT2D eigenvalue weighted by atomic mass is 10.1. The fraction of sp³-hybridized carbons (Fsp3) is 0.300. The number of aromatic nitrogens is 1. The highest BCUT2D eigenvalue weighted by Crippen LogP contribution is 2.20. The van der Waals surface area contributed by atoms with Crippen molar-refractivity contribution in [2.75, 3.05) is 26.2 Å². The number of hydrogen-bond donors (Lipinski definition) is 1. The minimum absolute atomic E-state index is 0.155. The van der Waals surface area contributed by atoms with Crippen LogP contribution in [0.25, 0.3) is 10.2 Å². The van der Waals surface area contributed by atoms with Crippen molar-refractivity contribution >= 4 is 27.5 Å². The Balaban J connectivity index is 1.37. The van der Waals surface area contributed by atoms with Gasteiger partial charge in [0.1, 0.15) is 11.6 Å². The summed E-state index contributed by atoms with van der Waals surface area (Å²) in [5.41, 5.74) is 3.02. The number of thiazole rings is 1. The second-order valence-corrected chi connectivity index (χ2v) is 7.78. The summed E-state index contributed by atoms with van der Waals surface area (Å²) in [6, 6.07) is 16.2. The van der Waals surface area contributed by atoms with Gasteiger partial charge in [0.15, 0.2) is 0 Å². The fourth-order valence-corrected chi connectivity index (χ4v) is 4.41. The van der Waals surface area contributed by atoms with Crippen LogP contribution >= 0.6 is 11.3 Å². The molecule has 0 saturated carbocycles. The van der Waals surface area contributed by atoms with Gasteiger partial charge in [-0.25, -0.2) is 4.98 Å². The van der Waals surface area contributed by atoms with Gasteiger partial charge in [-0.3, -0.25) is 4.79 Å². The number of fused-ring (bicyclic) bond motifs is 1. The van der Waals surface area contributed by atoms with Crippen LogP contribution in [-0.2, 0) is 6.54 Å². The largest absolute Gasteiger partial charge is 0.327 e. The number of nitrogens with one attached hydrogen (secondary N) is 1. The van der Waals surface area contributed by atoms with Gasteiger partial charge < -0.3 is 9.80 Å². The molecule has 3 aromatic rings. The minimum Gasteiger partial charge on any atom is -0.327 e. The Kier molecular flexibility index (Phi) is 4.51. The molecule has 1 aromatic heterocycles. The molecule has 1 fully saturated rings. The van der Waals surface area contributed by atoms with Crippen LogP contribution in [0.3, 0.4) is 0 Å². The third kappa shape index (κ3) is 3.57. The number of aryl methyl sites for hydroxylation is 1. The average molecular weight is 352 g/mol. The number of hydrogen-bond acceptors (Lipinski definition) is 3. The first-order valence-corrected chi connectivity index (χ1v) is 9.55. The quantitative estimate of drug-likeness (QED) is 0.784. The molecule has 0 aliphatic carbocycles.